The average molecular weight is 524 g/mol. The molecule has 1 fully saturated rings. The number of rotatable bonds is 6. The fraction of sp³-hybridized carbons (Fsp3) is 0.357. The molecule has 194 valence electrons. The predicted octanol–water partition coefficient (Wildman–Crippen LogP) is 5.57. The number of aliphatic hydroxyl groups is 1. The minimum Gasteiger partial charge on any atom is -0.455 e. The van der Waals surface area contributed by atoms with Crippen LogP contribution in [0.3, 0.4) is 0 Å². The van der Waals surface area contributed by atoms with Gasteiger partial charge in [0.05, 0.1) is 10.5 Å². The quantitative estimate of drug-likeness (QED) is 0.308. The van der Waals surface area contributed by atoms with E-state index in [-0.39, 0.29) is 23.3 Å². The summed E-state index contributed by atoms with van der Waals surface area (Å²) in [4.78, 5) is 30.2. The van der Waals surface area contributed by atoms with Crippen molar-refractivity contribution in [3.8, 4) is 21.9 Å². The van der Waals surface area contributed by atoms with E-state index in [4.69, 9.17) is 4.74 Å². The Labute approximate surface area is 217 Å². The van der Waals surface area contributed by atoms with E-state index < -0.39 is 5.60 Å². The van der Waals surface area contributed by atoms with Crippen LogP contribution >= 0.6 is 11.3 Å². The third kappa shape index (κ3) is 4.57. The summed E-state index contributed by atoms with van der Waals surface area (Å²) in [5.74, 6) is 0.460. The first-order valence-corrected chi connectivity index (χ1v) is 13.0. The third-order valence-corrected chi connectivity index (χ3v) is 8.26. The summed E-state index contributed by atoms with van der Waals surface area (Å²) in [6, 6.07) is 4.71. The number of fused-ring (bicyclic) bond motifs is 1. The number of carbonyl (C=O) groups excluding carboxylic acids is 1. The average Bonchev–Trinajstić information content (AvgIpc) is 3.38. The van der Waals surface area contributed by atoms with E-state index in [1.165, 1.54) is 28.0 Å². The number of nitrogens with zero attached hydrogens (tertiary/aromatic N) is 1. The van der Waals surface area contributed by atoms with Crippen LogP contribution in [-0.2, 0) is 12.6 Å². The lowest BCUT2D eigenvalue weighted by Crippen LogP contribution is -2.25. The molecule has 1 saturated carbocycles. The van der Waals surface area contributed by atoms with Crippen LogP contribution in [0.1, 0.15) is 58.7 Å². The summed E-state index contributed by atoms with van der Waals surface area (Å²) >= 11 is 1.37. The van der Waals surface area contributed by atoms with Gasteiger partial charge in [-0.25, -0.2) is 4.39 Å². The lowest BCUT2D eigenvalue weighted by Gasteiger charge is -2.17. The maximum Gasteiger partial charge on any atom is 0.274 e. The van der Waals surface area contributed by atoms with E-state index in [1.54, 1.807) is 47.0 Å². The Morgan fingerprint density at radius 1 is 1.19 bits per heavy atom. The zero-order chi connectivity index (χ0) is 26.8. The highest BCUT2D eigenvalue weighted by Gasteiger charge is 2.30. The Morgan fingerprint density at radius 2 is 1.84 bits per heavy atom. The van der Waals surface area contributed by atoms with E-state index in [0.29, 0.717) is 54.5 Å². The molecule has 0 saturated heterocycles. The van der Waals surface area contributed by atoms with Crippen LogP contribution in [0.25, 0.3) is 21.3 Å². The Hall–Kier alpha value is -3.43. The second-order valence-corrected chi connectivity index (χ2v) is 11.4. The highest BCUT2D eigenvalue weighted by molar-refractivity contribution is 7.16. The molecule has 3 heterocycles. The molecule has 3 N–H and O–H groups in total. The molecule has 1 aromatic carbocycles. The number of aryl methyl sites for hydroxylation is 3. The van der Waals surface area contributed by atoms with Crippen molar-refractivity contribution < 1.29 is 19.0 Å². The van der Waals surface area contributed by atoms with Crippen LogP contribution in [0.4, 0.5) is 4.39 Å². The van der Waals surface area contributed by atoms with Gasteiger partial charge in [-0.3, -0.25) is 9.59 Å². The standard InChI is InChI=1S/C28H30FN3O4S/c1-13-9-16(29)10-14(2)22(13)36-23-15(3)25(28(4,5)35)37-24(23)19-12-32(6)27(34)21-18(19)11-20(31-21)26(33)30-17-7-8-17/h9-12,17,31,35H,7-8H2,1-6H3,(H,30,33). The van der Waals surface area contributed by atoms with Crippen molar-refractivity contribution >= 4 is 28.1 Å². The second kappa shape index (κ2) is 8.85. The molecule has 0 aliphatic heterocycles. The van der Waals surface area contributed by atoms with Crippen LogP contribution in [-0.4, -0.2) is 26.6 Å². The minimum absolute atomic E-state index is 0.178. The molecule has 0 unspecified atom stereocenters. The predicted molar refractivity (Wildman–Crippen MR) is 143 cm³/mol. The number of hydrogen-bond donors (Lipinski definition) is 3. The number of amides is 1. The van der Waals surface area contributed by atoms with Gasteiger partial charge in [-0.1, -0.05) is 0 Å². The van der Waals surface area contributed by atoms with Crippen molar-refractivity contribution in [1.82, 2.24) is 14.9 Å². The zero-order valence-electron chi connectivity index (χ0n) is 21.7. The SMILES string of the molecule is Cc1cc(F)cc(C)c1Oc1c(-c2cn(C)c(=O)c3[nH]c(C(=O)NC4CC4)cc23)sc(C(C)(C)O)c1C. The molecule has 7 nitrogen and oxygen atoms in total. The van der Waals surface area contributed by atoms with Gasteiger partial charge < -0.3 is 24.7 Å². The van der Waals surface area contributed by atoms with Crippen molar-refractivity contribution in [3.63, 3.8) is 0 Å². The molecule has 37 heavy (non-hydrogen) atoms. The van der Waals surface area contributed by atoms with Crippen molar-refractivity contribution in [2.75, 3.05) is 0 Å². The van der Waals surface area contributed by atoms with Gasteiger partial charge in [0.25, 0.3) is 11.5 Å². The molecule has 0 bridgehead atoms. The summed E-state index contributed by atoms with van der Waals surface area (Å²) in [6.07, 6.45) is 3.63. The number of benzene rings is 1. The minimum atomic E-state index is -1.15. The smallest absolute Gasteiger partial charge is 0.274 e. The first-order valence-electron chi connectivity index (χ1n) is 12.2. The van der Waals surface area contributed by atoms with Crippen LogP contribution in [0.5, 0.6) is 11.5 Å². The number of H-pyrrole nitrogens is 1. The van der Waals surface area contributed by atoms with Gasteiger partial charge in [0.1, 0.15) is 28.5 Å². The first-order chi connectivity index (χ1) is 17.3. The maximum absolute atomic E-state index is 14.0. The van der Waals surface area contributed by atoms with Gasteiger partial charge in [-0.05, 0) is 76.8 Å². The number of hydrogen-bond acceptors (Lipinski definition) is 5. The Morgan fingerprint density at radius 3 is 2.43 bits per heavy atom. The summed E-state index contributed by atoms with van der Waals surface area (Å²) in [7, 11) is 1.65. The normalized spacial score (nSPS) is 13.8. The van der Waals surface area contributed by atoms with Crippen molar-refractivity contribution in [2.45, 2.75) is 59.1 Å². The Bertz CT molecular complexity index is 1600. The van der Waals surface area contributed by atoms with Crippen LogP contribution in [0.2, 0.25) is 0 Å². The van der Waals surface area contributed by atoms with Crippen molar-refractivity contribution in [1.29, 1.82) is 0 Å². The summed E-state index contributed by atoms with van der Waals surface area (Å²) in [5, 5.41) is 14.5. The number of ether oxygens (including phenoxy) is 1. The van der Waals surface area contributed by atoms with E-state index in [2.05, 4.69) is 10.3 Å². The number of thiophene rings is 1. The monoisotopic (exact) mass is 523 g/mol. The van der Waals surface area contributed by atoms with Crippen molar-refractivity contribution in [3.05, 3.63) is 67.8 Å². The number of nitrogens with one attached hydrogen (secondary N) is 2. The fourth-order valence-electron chi connectivity index (χ4n) is 4.67. The van der Waals surface area contributed by atoms with E-state index in [0.717, 1.165) is 18.4 Å². The van der Waals surface area contributed by atoms with Gasteiger partial charge in [0, 0.05) is 40.7 Å². The molecule has 5 rings (SSSR count). The zero-order valence-corrected chi connectivity index (χ0v) is 22.5. The number of pyridine rings is 1. The lowest BCUT2D eigenvalue weighted by atomic mass is 10.0. The molecule has 0 radical (unpaired) electrons. The molecular weight excluding hydrogens is 493 g/mol. The molecule has 1 aliphatic carbocycles. The Balaban J connectivity index is 1.74. The first kappa shape index (κ1) is 25.2. The molecular formula is C28H30FN3O4S. The maximum atomic E-state index is 14.0. The van der Waals surface area contributed by atoms with Crippen molar-refractivity contribution in [2.24, 2.45) is 7.05 Å². The van der Waals surface area contributed by atoms with Crippen LogP contribution < -0.4 is 15.6 Å². The van der Waals surface area contributed by atoms with Crippen LogP contribution in [0, 0.1) is 26.6 Å². The van der Waals surface area contributed by atoms with Gasteiger partial charge in [0.2, 0.25) is 0 Å². The third-order valence-electron chi connectivity index (χ3n) is 6.64. The lowest BCUT2D eigenvalue weighted by molar-refractivity contribution is 0.0817. The highest BCUT2D eigenvalue weighted by Crippen LogP contribution is 2.49. The summed E-state index contributed by atoms with van der Waals surface area (Å²) in [6.45, 7) is 8.86. The molecule has 1 amide bonds. The van der Waals surface area contributed by atoms with Gasteiger partial charge in [-0.15, -0.1) is 11.3 Å². The fourth-order valence-corrected chi connectivity index (χ4v) is 5.93. The largest absolute Gasteiger partial charge is 0.455 e. The highest BCUT2D eigenvalue weighted by atomic mass is 32.1. The number of aromatic amines is 1. The molecule has 4 aromatic rings. The van der Waals surface area contributed by atoms with Gasteiger partial charge in [-0.2, -0.15) is 0 Å². The van der Waals surface area contributed by atoms with E-state index >= 15 is 0 Å². The summed E-state index contributed by atoms with van der Waals surface area (Å²) in [5.41, 5.74) is 1.95. The van der Waals surface area contributed by atoms with E-state index in [1.807, 2.05) is 6.92 Å². The topological polar surface area (TPSA) is 96.4 Å². The molecule has 9 heteroatoms. The van der Waals surface area contributed by atoms with Crippen LogP contribution in [0.15, 0.2) is 29.2 Å². The molecule has 0 atom stereocenters. The molecule has 3 aromatic heterocycles. The Kier molecular flexibility index (Phi) is 6.03. The van der Waals surface area contributed by atoms with E-state index in [9.17, 15) is 19.1 Å². The van der Waals surface area contributed by atoms with Gasteiger partial charge >= 0.3 is 0 Å². The number of halogens is 1. The molecule has 1 aliphatic rings. The summed E-state index contributed by atoms with van der Waals surface area (Å²) < 4.78 is 21.9. The molecule has 0 spiro atoms. The second-order valence-electron chi connectivity index (χ2n) is 10.4. The number of carbonyl (C=O) groups is 1. The number of aromatic nitrogens is 2. The van der Waals surface area contributed by atoms with Gasteiger partial charge in [0.15, 0.2) is 0 Å².